The molecule has 0 radical (unpaired) electrons. The van der Waals surface area contributed by atoms with Crippen molar-refractivity contribution in [3.8, 4) is 0 Å². The van der Waals surface area contributed by atoms with Gasteiger partial charge in [-0.3, -0.25) is 19.6 Å². The largest absolute Gasteiger partial charge is 0.369 e. The van der Waals surface area contributed by atoms with Gasteiger partial charge in [0.2, 0.25) is 11.8 Å². The Morgan fingerprint density at radius 1 is 0.808 bits per heavy atom. The molecule has 0 saturated carbocycles. The zero-order valence-electron chi connectivity index (χ0n) is 29.7. The van der Waals surface area contributed by atoms with E-state index >= 15 is 0 Å². The Labute approximate surface area is 317 Å². The van der Waals surface area contributed by atoms with Crippen molar-refractivity contribution in [1.29, 1.82) is 0 Å². The number of anilines is 2. The molecule has 2 aliphatic rings. The molecule has 52 heavy (non-hydrogen) atoms. The van der Waals surface area contributed by atoms with Crippen molar-refractivity contribution in [2.45, 2.75) is 37.5 Å². The van der Waals surface area contributed by atoms with Gasteiger partial charge in [-0.2, -0.15) is 0 Å². The zero-order chi connectivity index (χ0) is 35.6. The van der Waals surface area contributed by atoms with Gasteiger partial charge in [0.15, 0.2) is 17.3 Å². The molecular weight excluding hydrogens is 856 g/mol. The van der Waals surface area contributed by atoms with E-state index in [1.807, 2.05) is 48.3 Å². The van der Waals surface area contributed by atoms with Gasteiger partial charge in [-0.15, -0.1) is 0 Å². The van der Waals surface area contributed by atoms with Gasteiger partial charge in [-0.05, 0) is 56.9 Å². The number of piperidine rings is 2. The quantitative estimate of drug-likeness (QED) is 0.192. The summed E-state index contributed by atoms with van der Waals surface area (Å²) in [5.74, 6) is 0.568. The van der Waals surface area contributed by atoms with Gasteiger partial charge < -0.3 is 23.9 Å². The molecule has 7 rings (SSSR count). The van der Waals surface area contributed by atoms with Gasteiger partial charge in [0.25, 0.3) is 10.0 Å². The standard InChI is InChI=1S/C20H24N6O3S.C13H18N6O.CH3.W/c1-14-5-7-16(8-6-14)30(28,29)26-11-9-17-19(22-13-23-20(17)26)24(2)25-10-3-4-15(12-25)18(21)27;1-18(19-6-2-3-9(7-19)11(14)20)13-10-4-5-15-12(10)16-8-17-13;;/h5-9,11,13,15H,3-4,10,12H2,1-2H3,(H2,21,27);4-5,8-9H,2-3,6-7H2,1H3,(H2,14,20)(H,15,16,17);1H3;/q;;-1;. The van der Waals surface area contributed by atoms with Crippen LogP contribution in [0.25, 0.3) is 22.1 Å². The van der Waals surface area contributed by atoms with Crippen LogP contribution < -0.4 is 21.5 Å². The first kappa shape index (κ1) is 40.3. The van der Waals surface area contributed by atoms with E-state index < -0.39 is 10.0 Å². The number of nitrogens with two attached hydrogens (primary N) is 2. The molecule has 5 N–H and O–H groups in total. The van der Waals surface area contributed by atoms with E-state index in [4.69, 9.17) is 11.5 Å². The van der Waals surface area contributed by atoms with Crippen molar-refractivity contribution in [1.82, 2.24) is 38.9 Å². The molecule has 6 heterocycles. The number of hydrazine groups is 2. The number of nitrogens with zero attached hydrogens (tertiary/aromatic N) is 9. The third-order valence-corrected chi connectivity index (χ3v) is 11.1. The van der Waals surface area contributed by atoms with E-state index in [0.717, 1.165) is 61.2 Å². The second-order valence-electron chi connectivity index (χ2n) is 12.7. The minimum atomic E-state index is -3.79. The molecule has 4 aromatic heterocycles. The fourth-order valence-corrected chi connectivity index (χ4v) is 7.80. The third-order valence-electron chi connectivity index (χ3n) is 9.40. The van der Waals surface area contributed by atoms with Crippen molar-refractivity contribution in [3.63, 3.8) is 0 Å². The van der Waals surface area contributed by atoms with Crippen LogP contribution in [0, 0.1) is 26.2 Å². The first-order chi connectivity index (χ1) is 24.0. The number of aromatic amines is 1. The number of aromatic nitrogens is 6. The van der Waals surface area contributed by atoms with Crippen molar-refractivity contribution >= 4 is 55.5 Å². The summed E-state index contributed by atoms with van der Waals surface area (Å²) in [6.45, 7) is 4.70. The number of aryl methyl sites for hydroxylation is 1. The predicted molar refractivity (Wildman–Crippen MR) is 195 cm³/mol. The molecular formula is C34H45N12O4SW-. The fourth-order valence-electron chi connectivity index (χ4n) is 6.50. The molecule has 278 valence electrons. The molecule has 2 unspecified atom stereocenters. The van der Waals surface area contributed by atoms with Crippen LogP contribution in [0.3, 0.4) is 0 Å². The van der Waals surface area contributed by atoms with Crippen LogP contribution in [0.15, 0.2) is 66.3 Å². The van der Waals surface area contributed by atoms with E-state index in [1.54, 1.807) is 36.7 Å². The number of carbonyl (C=O) groups excluding carboxylic acids is 2. The number of benzene rings is 1. The summed E-state index contributed by atoms with van der Waals surface area (Å²) in [5.41, 5.74) is 13.0. The normalized spacial score (nSPS) is 18.1. The number of fused-ring (bicyclic) bond motifs is 2. The Bertz CT molecular complexity index is 2110. The van der Waals surface area contributed by atoms with E-state index in [-0.39, 0.29) is 57.0 Å². The SMILES string of the molecule is CN(c1ncnc2[nH]ccc12)N1CCCC(C(N)=O)C1.Cc1ccc(S(=O)(=O)n2ccc3c(N(C)N4CCCC(C(N)=O)C4)ncnc32)cc1.[CH3-].[W]. The second kappa shape index (κ2) is 16.9. The monoisotopic (exact) mass is 901 g/mol. The van der Waals surface area contributed by atoms with Gasteiger partial charge in [-0.25, -0.2) is 42.3 Å². The summed E-state index contributed by atoms with van der Waals surface area (Å²) in [7, 11) is 0.00744. The van der Waals surface area contributed by atoms with Crippen LogP contribution in [-0.4, -0.2) is 99.4 Å². The van der Waals surface area contributed by atoms with E-state index in [2.05, 4.69) is 29.9 Å². The van der Waals surface area contributed by atoms with Gasteiger partial charge >= 0.3 is 0 Å². The van der Waals surface area contributed by atoms with Crippen LogP contribution in [0.5, 0.6) is 0 Å². The summed E-state index contributed by atoms with van der Waals surface area (Å²) in [6, 6.07) is 10.3. The maximum Gasteiger partial charge on any atom is 0.269 e. The molecule has 0 bridgehead atoms. The van der Waals surface area contributed by atoms with Gasteiger partial charge in [0.05, 0.1) is 27.5 Å². The number of carbonyl (C=O) groups is 2. The molecule has 18 heteroatoms. The van der Waals surface area contributed by atoms with Crippen LogP contribution >= 0.6 is 0 Å². The first-order valence-electron chi connectivity index (χ1n) is 16.4. The van der Waals surface area contributed by atoms with E-state index in [9.17, 15) is 18.0 Å². The van der Waals surface area contributed by atoms with Gasteiger partial charge in [0.1, 0.15) is 18.3 Å². The Morgan fingerprint density at radius 2 is 1.35 bits per heavy atom. The summed E-state index contributed by atoms with van der Waals surface area (Å²) in [4.78, 5) is 43.4. The Kier molecular flexibility index (Phi) is 13.1. The minimum absolute atomic E-state index is 0. The number of rotatable bonds is 8. The zero-order valence-corrected chi connectivity index (χ0v) is 33.5. The smallest absolute Gasteiger partial charge is 0.269 e. The average Bonchev–Trinajstić information content (AvgIpc) is 3.80. The molecule has 16 nitrogen and oxygen atoms in total. The molecule has 2 aliphatic heterocycles. The maximum absolute atomic E-state index is 13.1. The van der Waals surface area contributed by atoms with Crippen molar-refractivity contribution in [3.05, 3.63) is 74.4 Å². The van der Waals surface area contributed by atoms with Gasteiger partial charge in [0, 0.05) is 73.7 Å². The van der Waals surface area contributed by atoms with Crippen LogP contribution in [-0.2, 0) is 40.7 Å². The topological polar surface area (TPSA) is 206 Å². The summed E-state index contributed by atoms with van der Waals surface area (Å²) < 4.78 is 27.5. The minimum Gasteiger partial charge on any atom is -0.369 e. The summed E-state index contributed by atoms with van der Waals surface area (Å²) in [5, 5.41) is 9.54. The molecule has 2 amide bonds. The number of H-pyrrole nitrogens is 1. The van der Waals surface area contributed by atoms with Crippen molar-refractivity contribution in [2.75, 3.05) is 50.3 Å². The molecule has 0 spiro atoms. The maximum atomic E-state index is 13.1. The molecule has 1 aromatic carbocycles. The number of hydrogen-bond acceptors (Lipinski definition) is 12. The molecule has 0 aliphatic carbocycles. The first-order valence-corrected chi connectivity index (χ1v) is 17.9. The number of hydrogen-bond donors (Lipinski definition) is 3. The number of amides is 2. The van der Waals surface area contributed by atoms with E-state index in [1.165, 1.54) is 16.5 Å². The predicted octanol–water partition coefficient (Wildman–Crippen LogP) is 2.48. The molecule has 2 saturated heterocycles. The fraction of sp³-hybridized carbons (Fsp3) is 0.382. The van der Waals surface area contributed by atoms with Crippen LogP contribution in [0.2, 0.25) is 0 Å². The summed E-state index contributed by atoms with van der Waals surface area (Å²) >= 11 is 0. The average molecular weight is 902 g/mol. The second-order valence-corrected chi connectivity index (χ2v) is 14.5. The number of nitrogens with one attached hydrogen (secondary N) is 1. The van der Waals surface area contributed by atoms with Crippen molar-refractivity contribution in [2.24, 2.45) is 23.3 Å². The summed E-state index contributed by atoms with van der Waals surface area (Å²) in [6.07, 6.45) is 9.67. The van der Waals surface area contributed by atoms with Crippen LogP contribution in [0.1, 0.15) is 31.2 Å². The van der Waals surface area contributed by atoms with Crippen molar-refractivity contribution < 1.29 is 39.1 Å². The molecule has 5 aromatic rings. The third kappa shape index (κ3) is 8.27. The van der Waals surface area contributed by atoms with Gasteiger partial charge in [-0.1, -0.05) is 17.7 Å². The molecule has 2 atom stereocenters. The Hall–Kier alpha value is -4.44. The molecule has 2 fully saturated rings. The number of primary amides is 2. The van der Waals surface area contributed by atoms with E-state index in [0.29, 0.717) is 29.9 Å². The van der Waals surface area contributed by atoms with Crippen LogP contribution in [0.4, 0.5) is 11.6 Å². The Balaban J connectivity index is 0.000000241. The Morgan fingerprint density at radius 3 is 1.90 bits per heavy atom.